The number of halogens is 2. The number of anilines is 1. The van der Waals surface area contributed by atoms with Crippen molar-refractivity contribution in [2.75, 3.05) is 12.3 Å². The molecule has 12 heavy (non-hydrogen) atoms. The van der Waals surface area contributed by atoms with Crippen molar-refractivity contribution in [3.63, 3.8) is 0 Å². The standard InChI is InChI=1S/C6H7Cl2N3O/c7-4-3(1-2-12)5(8)11-6(9)10-4/h12H,1-2H2,(H2,9,10,11). The van der Waals surface area contributed by atoms with Crippen LogP contribution in [0.5, 0.6) is 0 Å². The third-order valence-electron chi connectivity index (χ3n) is 1.29. The molecule has 0 aliphatic heterocycles. The highest BCUT2D eigenvalue weighted by Crippen LogP contribution is 2.21. The summed E-state index contributed by atoms with van der Waals surface area (Å²) in [5.74, 6) is 0.0340. The van der Waals surface area contributed by atoms with E-state index in [0.29, 0.717) is 12.0 Å². The minimum absolute atomic E-state index is 0.0340. The van der Waals surface area contributed by atoms with Crippen molar-refractivity contribution < 1.29 is 5.11 Å². The molecule has 1 aromatic heterocycles. The third-order valence-corrected chi connectivity index (χ3v) is 1.91. The smallest absolute Gasteiger partial charge is 0.222 e. The zero-order valence-corrected chi connectivity index (χ0v) is 7.60. The quantitative estimate of drug-likeness (QED) is 0.708. The van der Waals surface area contributed by atoms with E-state index in [2.05, 4.69) is 9.97 Å². The molecule has 0 saturated carbocycles. The van der Waals surface area contributed by atoms with Crippen LogP contribution in [0.2, 0.25) is 10.3 Å². The van der Waals surface area contributed by atoms with Crippen LogP contribution in [0.3, 0.4) is 0 Å². The first-order valence-electron chi connectivity index (χ1n) is 3.23. The van der Waals surface area contributed by atoms with Gasteiger partial charge in [0.15, 0.2) is 0 Å². The van der Waals surface area contributed by atoms with E-state index in [1.165, 1.54) is 0 Å². The lowest BCUT2D eigenvalue weighted by Gasteiger charge is -2.03. The molecule has 0 unspecified atom stereocenters. The second-order valence-electron chi connectivity index (χ2n) is 2.12. The number of nitrogens with two attached hydrogens (primary N) is 1. The summed E-state index contributed by atoms with van der Waals surface area (Å²) in [4.78, 5) is 7.38. The average molecular weight is 208 g/mol. The molecule has 4 nitrogen and oxygen atoms in total. The summed E-state index contributed by atoms with van der Waals surface area (Å²) in [6.07, 6.45) is 0.331. The molecule has 0 saturated heterocycles. The topological polar surface area (TPSA) is 72.0 Å². The molecule has 0 bridgehead atoms. The van der Waals surface area contributed by atoms with Gasteiger partial charge >= 0.3 is 0 Å². The number of nitrogen functional groups attached to an aromatic ring is 1. The molecular weight excluding hydrogens is 201 g/mol. The molecule has 1 rings (SSSR count). The molecule has 3 N–H and O–H groups in total. The Morgan fingerprint density at radius 1 is 1.25 bits per heavy atom. The minimum Gasteiger partial charge on any atom is -0.396 e. The molecule has 1 aromatic rings. The molecule has 0 aromatic carbocycles. The lowest BCUT2D eigenvalue weighted by Crippen LogP contribution is -2.01. The number of aliphatic hydroxyl groups excluding tert-OH is 1. The van der Waals surface area contributed by atoms with Gasteiger partial charge in [0.1, 0.15) is 10.3 Å². The minimum atomic E-state index is -0.0489. The summed E-state index contributed by atoms with van der Waals surface area (Å²) in [6, 6.07) is 0. The van der Waals surface area contributed by atoms with Gasteiger partial charge < -0.3 is 10.8 Å². The van der Waals surface area contributed by atoms with Crippen LogP contribution in [0.25, 0.3) is 0 Å². The maximum Gasteiger partial charge on any atom is 0.222 e. The van der Waals surface area contributed by atoms with Crippen LogP contribution >= 0.6 is 23.2 Å². The van der Waals surface area contributed by atoms with Gasteiger partial charge in [-0.15, -0.1) is 0 Å². The number of aromatic nitrogens is 2. The second-order valence-corrected chi connectivity index (χ2v) is 2.83. The van der Waals surface area contributed by atoms with E-state index in [1.54, 1.807) is 0 Å². The summed E-state index contributed by atoms with van der Waals surface area (Å²) >= 11 is 11.4. The maximum absolute atomic E-state index is 8.63. The molecule has 0 aliphatic carbocycles. The van der Waals surface area contributed by atoms with E-state index >= 15 is 0 Å². The Hall–Kier alpha value is -0.580. The summed E-state index contributed by atoms with van der Waals surface area (Å²) in [5.41, 5.74) is 5.79. The average Bonchev–Trinajstić information content (AvgIpc) is 1.96. The predicted octanol–water partition coefficient (Wildman–Crippen LogP) is 0.900. The van der Waals surface area contributed by atoms with Crippen molar-refractivity contribution >= 4 is 29.2 Å². The lowest BCUT2D eigenvalue weighted by molar-refractivity contribution is 0.299. The van der Waals surface area contributed by atoms with Gasteiger partial charge in [-0.3, -0.25) is 0 Å². The summed E-state index contributed by atoms with van der Waals surface area (Å²) in [5, 5.41) is 9.03. The van der Waals surface area contributed by atoms with E-state index in [-0.39, 0.29) is 22.9 Å². The Balaban J connectivity index is 3.10. The van der Waals surface area contributed by atoms with Gasteiger partial charge in [0.05, 0.1) is 0 Å². The van der Waals surface area contributed by atoms with Crippen LogP contribution in [-0.2, 0) is 6.42 Å². The Morgan fingerprint density at radius 3 is 2.17 bits per heavy atom. The molecule has 1 heterocycles. The SMILES string of the molecule is Nc1nc(Cl)c(CCO)c(Cl)n1. The van der Waals surface area contributed by atoms with E-state index in [1.807, 2.05) is 0 Å². The fraction of sp³-hybridized carbons (Fsp3) is 0.333. The number of rotatable bonds is 2. The van der Waals surface area contributed by atoms with Gasteiger partial charge in [-0.05, 0) is 0 Å². The first kappa shape index (κ1) is 9.51. The van der Waals surface area contributed by atoms with Gasteiger partial charge in [0.2, 0.25) is 5.95 Å². The van der Waals surface area contributed by atoms with Crippen molar-refractivity contribution in [1.82, 2.24) is 9.97 Å². The highest BCUT2D eigenvalue weighted by atomic mass is 35.5. The highest BCUT2D eigenvalue weighted by molar-refractivity contribution is 6.34. The Labute approximate surface area is 79.3 Å². The van der Waals surface area contributed by atoms with Crippen molar-refractivity contribution in [1.29, 1.82) is 0 Å². The normalized spacial score (nSPS) is 10.2. The second kappa shape index (κ2) is 3.89. The number of hydrogen-bond acceptors (Lipinski definition) is 4. The van der Waals surface area contributed by atoms with E-state index in [0.717, 1.165) is 0 Å². The zero-order chi connectivity index (χ0) is 9.14. The van der Waals surface area contributed by atoms with E-state index in [9.17, 15) is 0 Å². The highest BCUT2D eigenvalue weighted by Gasteiger charge is 2.08. The van der Waals surface area contributed by atoms with Crippen molar-refractivity contribution in [2.45, 2.75) is 6.42 Å². The first-order valence-corrected chi connectivity index (χ1v) is 3.99. The van der Waals surface area contributed by atoms with E-state index in [4.69, 9.17) is 34.0 Å². The number of hydrogen-bond donors (Lipinski definition) is 2. The van der Waals surface area contributed by atoms with Crippen LogP contribution in [0.4, 0.5) is 5.95 Å². The molecule has 0 spiro atoms. The molecule has 0 aliphatic rings. The van der Waals surface area contributed by atoms with Crippen LogP contribution in [-0.4, -0.2) is 21.7 Å². The van der Waals surface area contributed by atoms with Crippen molar-refractivity contribution in [3.8, 4) is 0 Å². The Morgan fingerprint density at radius 2 is 1.75 bits per heavy atom. The van der Waals surface area contributed by atoms with Gasteiger partial charge in [0.25, 0.3) is 0 Å². The van der Waals surface area contributed by atoms with Crippen molar-refractivity contribution in [2.24, 2.45) is 0 Å². The Kier molecular flexibility index (Phi) is 3.08. The molecule has 66 valence electrons. The molecular formula is C6H7Cl2N3O. The lowest BCUT2D eigenvalue weighted by atomic mass is 10.2. The fourth-order valence-electron chi connectivity index (χ4n) is 0.764. The van der Waals surface area contributed by atoms with Crippen molar-refractivity contribution in [3.05, 3.63) is 15.9 Å². The van der Waals surface area contributed by atoms with Gasteiger partial charge in [-0.2, -0.15) is 0 Å². The molecule has 0 radical (unpaired) electrons. The van der Waals surface area contributed by atoms with Gasteiger partial charge in [-0.25, -0.2) is 9.97 Å². The maximum atomic E-state index is 8.63. The molecule has 0 fully saturated rings. The Bertz CT molecular complexity index is 269. The van der Waals surface area contributed by atoms with E-state index < -0.39 is 0 Å². The number of nitrogens with zero attached hydrogens (tertiary/aromatic N) is 2. The zero-order valence-electron chi connectivity index (χ0n) is 6.09. The summed E-state index contributed by atoms with van der Waals surface area (Å²) in [6.45, 7) is -0.0489. The van der Waals surface area contributed by atoms with Gasteiger partial charge in [0, 0.05) is 18.6 Å². The first-order chi connectivity index (χ1) is 5.65. The molecule has 6 heteroatoms. The van der Waals surface area contributed by atoms with Crippen LogP contribution in [0.15, 0.2) is 0 Å². The van der Waals surface area contributed by atoms with Crippen LogP contribution in [0.1, 0.15) is 5.56 Å². The number of aliphatic hydroxyl groups is 1. The molecule has 0 atom stereocenters. The monoisotopic (exact) mass is 207 g/mol. The van der Waals surface area contributed by atoms with Crippen LogP contribution in [0, 0.1) is 0 Å². The van der Waals surface area contributed by atoms with Crippen LogP contribution < -0.4 is 5.73 Å². The molecule has 0 amide bonds. The largest absolute Gasteiger partial charge is 0.396 e. The summed E-state index contributed by atoms with van der Waals surface area (Å²) in [7, 11) is 0. The van der Waals surface area contributed by atoms with Gasteiger partial charge in [-0.1, -0.05) is 23.2 Å². The summed E-state index contributed by atoms with van der Waals surface area (Å²) < 4.78 is 0. The predicted molar refractivity (Wildman–Crippen MR) is 47.3 cm³/mol. The third kappa shape index (κ3) is 1.97. The fourth-order valence-corrected chi connectivity index (χ4v) is 1.35.